The minimum Gasteiger partial charge on any atom is -0.319 e. The molecule has 6 nitrogen and oxygen atoms in total. The molecule has 3 aromatic rings. The summed E-state index contributed by atoms with van der Waals surface area (Å²) < 4.78 is 3.92. The first kappa shape index (κ1) is 13.1. The Kier molecular flexibility index (Phi) is 3.17. The number of imidazole rings is 1. The van der Waals surface area contributed by atoms with Crippen molar-refractivity contribution in [1.29, 1.82) is 0 Å². The van der Waals surface area contributed by atoms with E-state index < -0.39 is 0 Å². The zero-order valence-corrected chi connectivity index (χ0v) is 12.3. The SMILES string of the molecule is Cc1ccc2nc(CCl)n(C(C)c3nncn3C)c2n1. The van der Waals surface area contributed by atoms with Gasteiger partial charge in [0.1, 0.15) is 17.7 Å². The van der Waals surface area contributed by atoms with E-state index in [9.17, 15) is 0 Å². The van der Waals surface area contributed by atoms with Gasteiger partial charge >= 0.3 is 0 Å². The lowest BCUT2D eigenvalue weighted by molar-refractivity contribution is 0.568. The third-order valence-electron chi connectivity index (χ3n) is 3.38. The van der Waals surface area contributed by atoms with Crippen molar-refractivity contribution in [1.82, 2.24) is 29.3 Å². The van der Waals surface area contributed by atoms with Crippen molar-refractivity contribution >= 4 is 22.8 Å². The number of pyridine rings is 1. The molecule has 104 valence electrons. The summed E-state index contributed by atoms with van der Waals surface area (Å²) in [6.07, 6.45) is 1.68. The number of hydrogen-bond donors (Lipinski definition) is 0. The topological polar surface area (TPSA) is 61.4 Å². The van der Waals surface area contributed by atoms with Gasteiger partial charge in [0.05, 0.1) is 11.9 Å². The Morgan fingerprint density at radius 2 is 2.10 bits per heavy atom. The van der Waals surface area contributed by atoms with Crippen LogP contribution in [-0.2, 0) is 12.9 Å². The number of nitrogens with zero attached hydrogens (tertiary/aromatic N) is 6. The quantitative estimate of drug-likeness (QED) is 0.694. The molecule has 0 spiro atoms. The van der Waals surface area contributed by atoms with Crippen molar-refractivity contribution in [3.63, 3.8) is 0 Å². The fourth-order valence-corrected chi connectivity index (χ4v) is 2.59. The van der Waals surface area contributed by atoms with Crippen molar-refractivity contribution in [3.8, 4) is 0 Å². The van der Waals surface area contributed by atoms with E-state index >= 15 is 0 Å². The van der Waals surface area contributed by atoms with Crippen LogP contribution in [-0.4, -0.2) is 29.3 Å². The molecule has 0 fully saturated rings. The van der Waals surface area contributed by atoms with E-state index in [2.05, 4.69) is 20.2 Å². The highest BCUT2D eigenvalue weighted by Crippen LogP contribution is 2.24. The smallest absolute Gasteiger partial charge is 0.160 e. The molecule has 1 unspecified atom stereocenters. The lowest BCUT2D eigenvalue weighted by Gasteiger charge is -2.15. The summed E-state index contributed by atoms with van der Waals surface area (Å²) >= 11 is 6.03. The number of hydrogen-bond acceptors (Lipinski definition) is 4. The van der Waals surface area contributed by atoms with Crippen LogP contribution >= 0.6 is 11.6 Å². The third kappa shape index (κ3) is 1.96. The zero-order valence-electron chi connectivity index (χ0n) is 11.6. The Balaban J connectivity index is 2.23. The second-order valence-corrected chi connectivity index (χ2v) is 5.07. The molecule has 0 aliphatic heterocycles. The normalized spacial score (nSPS) is 13.0. The van der Waals surface area contributed by atoms with Gasteiger partial charge < -0.3 is 9.13 Å². The van der Waals surface area contributed by atoms with E-state index in [1.165, 1.54) is 0 Å². The highest BCUT2D eigenvalue weighted by Gasteiger charge is 2.21. The second-order valence-electron chi connectivity index (χ2n) is 4.80. The third-order valence-corrected chi connectivity index (χ3v) is 3.62. The van der Waals surface area contributed by atoms with Crippen molar-refractivity contribution < 1.29 is 0 Å². The molecule has 0 aliphatic carbocycles. The summed E-state index contributed by atoms with van der Waals surface area (Å²) in [5.41, 5.74) is 2.63. The summed E-state index contributed by atoms with van der Waals surface area (Å²) in [6, 6.07) is 3.88. The summed E-state index contributed by atoms with van der Waals surface area (Å²) in [5, 5.41) is 8.10. The van der Waals surface area contributed by atoms with E-state index in [-0.39, 0.29) is 6.04 Å². The molecule has 20 heavy (non-hydrogen) atoms. The van der Waals surface area contributed by atoms with Crippen LogP contribution in [0.3, 0.4) is 0 Å². The Bertz CT molecular complexity index is 759. The van der Waals surface area contributed by atoms with Crippen LogP contribution in [0.2, 0.25) is 0 Å². The molecule has 3 aromatic heterocycles. The maximum Gasteiger partial charge on any atom is 0.160 e. The molecule has 0 aliphatic rings. The maximum atomic E-state index is 6.03. The molecular formula is C13H15ClN6. The molecule has 0 amide bonds. The fraction of sp³-hybridized carbons (Fsp3) is 0.385. The van der Waals surface area contributed by atoms with Crippen LogP contribution in [0.15, 0.2) is 18.5 Å². The van der Waals surface area contributed by atoms with Crippen LogP contribution in [0.1, 0.15) is 30.3 Å². The van der Waals surface area contributed by atoms with Gasteiger partial charge in [-0.25, -0.2) is 9.97 Å². The molecule has 3 heterocycles. The Labute approximate surface area is 121 Å². The zero-order chi connectivity index (χ0) is 14.3. The summed E-state index contributed by atoms with van der Waals surface area (Å²) in [6.45, 7) is 4.01. The second kappa shape index (κ2) is 4.86. The lowest BCUT2D eigenvalue weighted by Crippen LogP contribution is -2.14. The molecule has 0 saturated heterocycles. The molecule has 7 heteroatoms. The molecule has 0 aromatic carbocycles. The van der Waals surface area contributed by atoms with Gasteiger partial charge in [0.25, 0.3) is 0 Å². The molecule has 1 atom stereocenters. The lowest BCUT2D eigenvalue weighted by atomic mass is 10.3. The van der Waals surface area contributed by atoms with Gasteiger partial charge in [-0.15, -0.1) is 21.8 Å². The largest absolute Gasteiger partial charge is 0.319 e. The summed E-state index contributed by atoms with van der Waals surface area (Å²) in [5.74, 6) is 1.96. The molecule has 0 N–H and O–H groups in total. The number of halogens is 1. The van der Waals surface area contributed by atoms with Crippen LogP contribution < -0.4 is 0 Å². The highest BCUT2D eigenvalue weighted by molar-refractivity contribution is 6.16. The predicted octanol–water partition coefficient (Wildman–Crippen LogP) is 2.22. The minimum absolute atomic E-state index is 0.0319. The maximum absolute atomic E-state index is 6.03. The van der Waals surface area contributed by atoms with E-state index in [1.54, 1.807) is 6.33 Å². The molecule has 3 rings (SSSR count). The van der Waals surface area contributed by atoms with Gasteiger partial charge in [-0.05, 0) is 26.0 Å². The minimum atomic E-state index is -0.0319. The van der Waals surface area contributed by atoms with Crippen molar-refractivity contribution in [3.05, 3.63) is 35.8 Å². The van der Waals surface area contributed by atoms with E-state index in [4.69, 9.17) is 11.6 Å². The van der Waals surface area contributed by atoms with E-state index in [0.717, 1.165) is 28.5 Å². The monoisotopic (exact) mass is 290 g/mol. The first-order valence-electron chi connectivity index (χ1n) is 6.36. The number of aromatic nitrogens is 6. The van der Waals surface area contributed by atoms with Gasteiger partial charge in [-0.3, -0.25) is 0 Å². The van der Waals surface area contributed by atoms with E-state index in [1.807, 2.05) is 42.2 Å². The molecule has 0 radical (unpaired) electrons. The molecule has 0 bridgehead atoms. The number of alkyl halides is 1. The van der Waals surface area contributed by atoms with Crippen molar-refractivity contribution in [2.75, 3.05) is 0 Å². The van der Waals surface area contributed by atoms with Crippen LogP contribution in [0, 0.1) is 6.92 Å². The highest BCUT2D eigenvalue weighted by atomic mass is 35.5. The van der Waals surface area contributed by atoms with Gasteiger partial charge in [-0.1, -0.05) is 0 Å². The van der Waals surface area contributed by atoms with Crippen molar-refractivity contribution in [2.45, 2.75) is 25.8 Å². The first-order chi connectivity index (χ1) is 9.61. The summed E-state index contributed by atoms with van der Waals surface area (Å²) in [7, 11) is 1.92. The van der Waals surface area contributed by atoms with Gasteiger partial charge in [0.15, 0.2) is 11.5 Å². The molecule has 0 saturated carbocycles. The first-order valence-corrected chi connectivity index (χ1v) is 6.89. The van der Waals surface area contributed by atoms with Crippen molar-refractivity contribution in [2.24, 2.45) is 7.05 Å². The summed E-state index contributed by atoms with van der Waals surface area (Å²) in [4.78, 5) is 9.13. The Morgan fingerprint density at radius 1 is 1.30 bits per heavy atom. The van der Waals surface area contributed by atoms with Gasteiger partial charge in [0.2, 0.25) is 0 Å². The average Bonchev–Trinajstić information content (AvgIpc) is 3.00. The number of fused-ring (bicyclic) bond motifs is 1. The number of aryl methyl sites for hydroxylation is 2. The Morgan fingerprint density at radius 3 is 2.75 bits per heavy atom. The van der Waals surface area contributed by atoms with Crippen LogP contribution in [0.5, 0.6) is 0 Å². The standard InChI is InChI=1S/C13H15ClN6/c1-8-4-5-10-13(16-8)20(11(6-14)17-10)9(2)12-18-15-7-19(12)3/h4-5,7,9H,6H2,1-3H3. The Hall–Kier alpha value is -1.95. The average molecular weight is 291 g/mol. The van der Waals surface area contributed by atoms with Crippen LogP contribution in [0.4, 0.5) is 0 Å². The van der Waals surface area contributed by atoms with E-state index in [0.29, 0.717) is 5.88 Å². The fourth-order valence-electron chi connectivity index (χ4n) is 2.40. The molecular weight excluding hydrogens is 276 g/mol. The van der Waals surface area contributed by atoms with Gasteiger partial charge in [-0.2, -0.15) is 0 Å². The van der Waals surface area contributed by atoms with Crippen LogP contribution in [0.25, 0.3) is 11.2 Å². The van der Waals surface area contributed by atoms with Gasteiger partial charge in [0, 0.05) is 12.7 Å². The predicted molar refractivity (Wildman–Crippen MR) is 76.6 cm³/mol. The number of rotatable bonds is 3.